The monoisotopic (exact) mass is 362 g/mol. The Morgan fingerprint density at radius 1 is 1.44 bits per heavy atom. The molecule has 7 heteroatoms. The summed E-state index contributed by atoms with van der Waals surface area (Å²) >= 11 is 1.44. The third kappa shape index (κ3) is 4.89. The molecule has 2 unspecified atom stereocenters. The number of rotatable bonds is 5. The summed E-state index contributed by atoms with van der Waals surface area (Å²) in [6.45, 7) is 8.21. The summed E-state index contributed by atoms with van der Waals surface area (Å²) in [5, 5.41) is 13.1. The Balaban J connectivity index is 1.60. The molecule has 2 aromatic heterocycles. The summed E-state index contributed by atoms with van der Waals surface area (Å²) < 4.78 is 5.50. The summed E-state index contributed by atoms with van der Waals surface area (Å²) in [7, 11) is 0. The first-order chi connectivity index (χ1) is 11.9. The Hall–Kier alpha value is -1.73. The van der Waals surface area contributed by atoms with E-state index in [-0.39, 0.29) is 11.3 Å². The van der Waals surface area contributed by atoms with Crippen LogP contribution in [-0.2, 0) is 16.6 Å². The second kappa shape index (κ2) is 7.66. The highest BCUT2D eigenvalue weighted by atomic mass is 32.1. The Morgan fingerprint density at radius 2 is 2.28 bits per heavy atom. The molecule has 1 fully saturated rings. The summed E-state index contributed by atoms with van der Waals surface area (Å²) in [5.41, 5.74) is 0.937. The van der Waals surface area contributed by atoms with Gasteiger partial charge in [-0.3, -0.25) is 4.79 Å². The standard InChI is InChI=1S/C18H26N4O2S/c1-18(2,3)15-10-14(22-24-15)8-13-11-19-5-4-12(13)9-16(23)21-17-20-6-7-25-17/h6-7,10,12-13,19H,4-5,8-9,11H2,1-3H3,(H,20,21,23). The SMILES string of the molecule is CC(C)(C)c1cc(CC2CNCCC2CC(=O)Nc2nccs2)no1. The maximum Gasteiger partial charge on any atom is 0.226 e. The minimum atomic E-state index is -0.0386. The van der Waals surface area contributed by atoms with Crippen LogP contribution in [0.25, 0.3) is 0 Å². The normalized spacial score (nSPS) is 21.2. The van der Waals surface area contributed by atoms with Gasteiger partial charge in [0.05, 0.1) is 5.69 Å². The third-order valence-electron chi connectivity index (χ3n) is 4.66. The van der Waals surface area contributed by atoms with Gasteiger partial charge in [-0.05, 0) is 37.8 Å². The fraction of sp³-hybridized carbons (Fsp3) is 0.611. The first-order valence-electron chi connectivity index (χ1n) is 8.78. The Morgan fingerprint density at radius 3 is 2.96 bits per heavy atom. The lowest BCUT2D eigenvalue weighted by Gasteiger charge is -2.31. The molecule has 0 spiro atoms. The summed E-state index contributed by atoms with van der Waals surface area (Å²) in [5.74, 6) is 1.68. The lowest BCUT2D eigenvalue weighted by atomic mass is 9.81. The minimum Gasteiger partial charge on any atom is -0.361 e. The highest BCUT2D eigenvalue weighted by Crippen LogP contribution is 2.29. The molecule has 25 heavy (non-hydrogen) atoms. The van der Waals surface area contributed by atoms with Gasteiger partial charge in [0.15, 0.2) is 5.13 Å². The maximum absolute atomic E-state index is 12.3. The summed E-state index contributed by atoms with van der Waals surface area (Å²) in [6, 6.07) is 2.06. The third-order valence-corrected chi connectivity index (χ3v) is 5.35. The Labute approximate surface area is 152 Å². The van der Waals surface area contributed by atoms with Crippen molar-refractivity contribution in [2.24, 2.45) is 11.8 Å². The molecule has 1 aliphatic rings. The number of carbonyl (C=O) groups excluding carboxylic acids is 1. The van der Waals surface area contributed by atoms with Crippen molar-refractivity contribution >= 4 is 22.4 Å². The van der Waals surface area contributed by atoms with E-state index in [0.717, 1.165) is 37.4 Å². The Bertz CT molecular complexity index is 690. The quantitative estimate of drug-likeness (QED) is 0.854. The van der Waals surface area contributed by atoms with Crippen molar-refractivity contribution in [3.05, 3.63) is 29.1 Å². The average Bonchev–Trinajstić information content (AvgIpc) is 3.20. The van der Waals surface area contributed by atoms with Crippen molar-refractivity contribution in [2.75, 3.05) is 18.4 Å². The van der Waals surface area contributed by atoms with E-state index in [1.54, 1.807) is 6.20 Å². The number of carbonyl (C=O) groups is 1. The predicted molar refractivity (Wildman–Crippen MR) is 98.7 cm³/mol. The fourth-order valence-corrected chi connectivity index (χ4v) is 3.75. The molecule has 2 atom stereocenters. The molecule has 0 aromatic carbocycles. The molecule has 1 amide bonds. The van der Waals surface area contributed by atoms with E-state index in [1.807, 2.05) is 5.38 Å². The molecule has 0 bridgehead atoms. The first kappa shape index (κ1) is 18.1. The fourth-order valence-electron chi connectivity index (χ4n) is 3.21. The van der Waals surface area contributed by atoms with Crippen LogP contribution in [0.15, 0.2) is 22.2 Å². The molecule has 1 aliphatic heterocycles. The molecule has 6 nitrogen and oxygen atoms in total. The average molecular weight is 362 g/mol. The van der Waals surface area contributed by atoms with Crippen molar-refractivity contribution in [3.63, 3.8) is 0 Å². The second-order valence-electron chi connectivity index (χ2n) is 7.74. The lowest BCUT2D eigenvalue weighted by Crippen LogP contribution is -2.39. The molecule has 1 saturated heterocycles. The van der Waals surface area contributed by atoms with Crippen molar-refractivity contribution in [2.45, 2.75) is 45.4 Å². The van der Waals surface area contributed by atoms with Crippen LogP contribution >= 0.6 is 11.3 Å². The van der Waals surface area contributed by atoms with Gasteiger partial charge in [0.1, 0.15) is 5.76 Å². The van der Waals surface area contributed by atoms with Crippen molar-refractivity contribution < 1.29 is 9.32 Å². The first-order valence-corrected chi connectivity index (χ1v) is 9.66. The zero-order chi connectivity index (χ0) is 17.9. The molecular weight excluding hydrogens is 336 g/mol. The maximum atomic E-state index is 12.3. The van der Waals surface area contributed by atoms with Crippen LogP contribution < -0.4 is 10.6 Å². The number of piperidine rings is 1. The number of aromatic nitrogens is 2. The molecule has 136 valence electrons. The molecule has 0 aliphatic carbocycles. The van der Waals surface area contributed by atoms with Gasteiger partial charge >= 0.3 is 0 Å². The van der Waals surface area contributed by atoms with Crippen LogP contribution in [-0.4, -0.2) is 29.1 Å². The van der Waals surface area contributed by atoms with Crippen molar-refractivity contribution in [1.82, 2.24) is 15.5 Å². The molecule has 2 aromatic rings. The number of thiazole rings is 1. The van der Waals surface area contributed by atoms with Crippen LogP contribution in [0.5, 0.6) is 0 Å². The highest BCUT2D eigenvalue weighted by Gasteiger charge is 2.29. The second-order valence-corrected chi connectivity index (χ2v) is 8.63. The van der Waals surface area contributed by atoms with Crippen LogP contribution in [0.2, 0.25) is 0 Å². The minimum absolute atomic E-state index is 0.0386. The van der Waals surface area contributed by atoms with Gasteiger partial charge in [-0.1, -0.05) is 25.9 Å². The largest absolute Gasteiger partial charge is 0.361 e. The van der Waals surface area contributed by atoms with E-state index >= 15 is 0 Å². The molecule has 0 saturated carbocycles. The van der Waals surface area contributed by atoms with Gasteiger partial charge in [0.2, 0.25) is 5.91 Å². The Kier molecular flexibility index (Phi) is 5.54. The van der Waals surface area contributed by atoms with Gasteiger partial charge in [-0.2, -0.15) is 0 Å². The van der Waals surface area contributed by atoms with Crippen molar-refractivity contribution in [1.29, 1.82) is 0 Å². The summed E-state index contributed by atoms with van der Waals surface area (Å²) in [4.78, 5) is 16.4. The number of hydrogen-bond donors (Lipinski definition) is 2. The topological polar surface area (TPSA) is 80.0 Å². The predicted octanol–water partition coefficient (Wildman–Crippen LogP) is 3.23. The van der Waals surface area contributed by atoms with Crippen LogP contribution in [0.1, 0.15) is 45.1 Å². The number of hydrogen-bond acceptors (Lipinski definition) is 6. The molecule has 3 heterocycles. The van der Waals surface area contributed by atoms with Crippen LogP contribution in [0, 0.1) is 11.8 Å². The van der Waals surface area contributed by atoms with E-state index in [4.69, 9.17) is 4.52 Å². The van der Waals surface area contributed by atoms with Gasteiger partial charge in [0, 0.05) is 29.5 Å². The van der Waals surface area contributed by atoms with E-state index in [1.165, 1.54) is 11.3 Å². The van der Waals surface area contributed by atoms with Crippen LogP contribution in [0.3, 0.4) is 0 Å². The van der Waals surface area contributed by atoms with Crippen LogP contribution in [0.4, 0.5) is 5.13 Å². The summed E-state index contributed by atoms with van der Waals surface area (Å²) in [6.07, 6.45) is 4.06. The molecular formula is C18H26N4O2S. The van der Waals surface area contributed by atoms with E-state index in [2.05, 4.69) is 47.6 Å². The molecule has 3 rings (SSSR count). The zero-order valence-corrected chi connectivity index (χ0v) is 15.9. The van der Waals surface area contributed by atoms with Gasteiger partial charge in [0.25, 0.3) is 0 Å². The smallest absolute Gasteiger partial charge is 0.226 e. The van der Waals surface area contributed by atoms with Gasteiger partial charge in [-0.15, -0.1) is 11.3 Å². The molecule has 2 N–H and O–H groups in total. The number of anilines is 1. The number of nitrogens with zero attached hydrogens (tertiary/aromatic N) is 2. The van der Waals surface area contributed by atoms with E-state index in [0.29, 0.717) is 23.4 Å². The van der Waals surface area contributed by atoms with E-state index < -0.39 is 0 Å². The number of nitrogens with one attached hydrogen (secondary N) is 2. The zero-order valence-electron chi connectivity index (χ0n) is 15.0. The van der Waals surface area contributed by atoms with Gasteiger partial charge in [-0.25, -0.2) is 4.98 Å². The highest BCUT2D eigenvalue weighted by molar-refractivity contribution is 7.13. The lowest BCUT2D eigenvalue weighted by molar-refractivity contribution is -0.117. The van der Waals surface area contributed by atoms with E-state index in [9.17, 15) is 4.79 Å². The molecule has 0 radical (unpaired) electrons. The van der Waals surface area contributed by atoms with Gasteiger partial charge < -0.3 is 15.2 Å². The number of amides is 1. The van der Waals surface area contributed by atoms with Crippen molar-refractivity contribution in [3.8, 4) is 0 Å².